The fourth-order valence-corrected chi connectivity index (χ4v) is 4.52. The highest BCUT2D eigenvalue weighted by Crippen LogP contribution is 2.40. The lowest BCUT2D eigenvalue weighted by Crippen LogP contribution is -2.48. The maximum Gasteiger partial charge on any atom is 0.233 e. The molecule has 9 heteroatoms. The van der Waals surface area contributed by atoms with Crippen LogP contribution in [0.5, 0.6) is 17.2 Å². The van der Waals surface area contributed by atoms with Gasteiger partial charge in [-0.25, -0.2) is 4.98 Å². The Morgan fingerprint density at radius 3 is 2.32 bits per heavy atom. The summed E-state index contributed by atoms with van der Waals surface area (Å²) in [6.07, 6.45) is 5.35. The van der Waals surface area contributed by atoms with Crippen LogP contribution in [0.25, 0.3) is 22.4 Å². The number of fused-ring (bicyclic) bond motifs is 1. The molecule has 1 aliphatic rings. The second-order valence-corrected chi connectivity index (χ2v) is 8.91. The lowest BCUT2D eigenvalue weighted by Gasteiger charge is -2.36. The molecule has 37 heavy (non-hydrogen) atoms. The first-order valence-electron chi connectivity index (χ1n) is 12.3. The number of phenolic OH excluding ortho intramolecular Hbond substituents is 2. The SMILES string of the molecule is C=CCCC(=O)N1CCN(c2ccc3c(c2)nc(-c2cc(O)c(O)c(OC)c2)n3C(=O)CCC=C)CC1. The van der Waals surface area contributed by atoms with Crippen molar-refractivity contribution in [2.45, 2.75) is 25.7 Å². The van der Waals surface area contributed by atoms with E-state index in [2.05, 4.69) is 18.1 Å². The zero-order valence-electron chi connectivity index (χ0n) is 21.0. The average Bonchev–Trinajstić information content (AvgIpc) is 3.30. The molecule has 0 atom stereocenters. The summed E-state index contributed by atoms with van der Waals surface area (Å²) in [5.74, 6) is -0.350. The zero-order valence-corrected chi connectivity index (χ0v) is 21.0. The molecule has 1 aliphatic heterocycles. The Labute approximate surface area is 215 Å². The van der Waals surface area contributed by atoms with Crippen molar-refractivity contribution in [1.29, 1.82) is 0 Å². The van der Waals surface area contributed by atoms with Gasteiger partial charge in [-0.2, -0.15) is 0 Å². The van der Waals surface area contributed by atoms with Crippen molar-refractivity contribution in [2.24, 2.45) is 0 Å². The summed E-state index contributed by atoms with van der Waals surface area (Å²) < 4.78 is 6.72. The molecule has 0 aliphatic carbocycles. The molecule has 4 rings (SSSR count). The number of anilines is 1. The number of aromatic nitrogens is 2. The van der Waals surface area contributed by atoms with Gasteiger partial charge >= 0.3 is 0 Å². The van der Waals surface area contributed by atoms with Gasteiger partial charge < -0.3 is 24.7 Å². The van der Waals surface area contributed by atoms with Crippen LogP contribution in [-0.2, 0) is 4.79 Å². The van der Waals surface area contributed by atoms with E-state index in [0.717, 1.165) is 5.69 Å². The normalized spacial score (nSPS) is 13.5. The standard InChI is InChI=1S/C28H32N4O5/c1-4-6-8-25(34)31-14-12-30(13-15-31)20-10-11-22-21(18-20)29-28(32(22)26(35)9-7-5-2)19-16-23(33)27(36)24(17-19)37-3/h4-5,10-11,16-18,33,36H,1-2,6-9,12-15H2,3H3. The fourth-order valence-electron chi connectivity index (χ4n) is 4.52. The quantitative estimate of drug-likeness (QED) is 0.330. The zero-order chi connectivity index (χ0) is 26.5. The molecule has 0 bridgehead atoms. The predicted molar refractivity (Wildman–Crippen MR) is 143 cm³/mol. The molecular formula is C28H32N4O5. The Morgan fingerprint density at radius 2 is 1.68 bits per heavy atom. The van der Waals surface area contributed by atoms with Gasteiger partial charge in [0.15, 0.2) is 11.5 Å². The first-order chi connectivity index (χ1) is 17.9. The Balaban J connectivity index is 1.68. The second-order valence-electron chi connectivity index (χ2n) is 8.91. The first-order valence-corrected chi connectivity index (χ1v) is 12.3. The van der Waals surface area contributed by atoms with Crippen LogP contribution >= 0.6 is 0 Å². The van der Waals surface area contributed by atoms with Crippen molar-refractivity contribution in [3.05, 3.63) is 55.6 Å². The molecule has 194 valence electrons. The smallest absolute Gasteiger partial charge is 0.233 e. The number of amides is 1. The number of ether oxygens (including phenoxy) is 1. The largest absolute Gasteiger partial charge is 0.504 e. The molecule has 2 heterocycles. The molecule has 2 N–H and O–H groups in total. The van der Waals surface area contributed by atoms with Crippen LogP contribution < -0.4 is 9.64 Å². The number of carbonyl (C=O) groups excluding carboxylic acids is 2. The van der Waals surface area contributed by atoms with E-state index in [1.54, 1.807) is 12.2 Å². The Hall–Kier alpha value is -4.27. The molecule has 1 amide bonds. The van der Waals surface area contributed by atoms with E-state index in [1.807, 2.05) is 23.1 Å². The van der Waals surface area contributed by atoms with Crippen LogP contribution in [0.2, 0.25) is 0 Å². The number of nitrogens with zero attached hydrogens (tertiary/aromatic N) is 4. The van der Waals surface area contributed by atoms with Gasteiger partial charge in [-0.05, 0) is 43.2 Å². The highest BCUT2D eigenvalue weighted by molar-refractivity contribution is 5.96. The molecule has 0 spiro atoms. The van der Waals surface area contributed by atoms with Crippen molar-refractivity contribution in [2.75, 3.05) is 38.2 Å². The minimum Gasteiger partial charge on any atom is -0.504 e. The maximum absolute atomic E-state index is 13.2. The number of hydrogen-bond acceptors (Lipinski definition) is 7. The summed E-state index contributed by atoms with van der Waals surface area (Å²) in [5.41, 5.74) is 2.64. The third-order valence-electron chi connectivity index (χ3n) is 6.54. The van der Waals surface area contributed by atoms with Crippen LogP contribution in [-0.4, -0.2) is 69.8 Å². The van der Waals surface area contributed by atoms with Crippen molar-refractivity contribution in [3.63, 3.8) is 0 Å². The monoisotopic (exact) mass is 504 g/mol. The Morgan fingerprint density at radius 1 is 1.00 bits per heavy atom. The Bertz CT molecular complexity index is 1340. The van der Waals surface area contributed by atoms with E-state index in [0.29, 0.717) is 67.9 Å². The van der Waals surface area contributed by atoms with E-state index in [9.17, 15) is 19.8 Å². The number of allylic oxidation sites excluding steroid dienone is 2. The number of carbonyl (C=O) groups is 2. The molecule has 1 aromatic heterocycles. The molecule has 0 unspecified atom stereocenters. The molecule has 0 saturated carbocycles. The summed E-state index contributed by atoms with van der Waals surface area (Å²) in [6.45, 7) is 10.1. The van der Waals surface area contributed by atoms with Gasteiger partial charge in [0.05, 0.1) is 18.1 Å². The van der Waals surface area contributed by atoms with E-state index >= 15 is 0 Å². The van der Waals surface area contributed by atoms with Gasteiger partial charge in [-0.15, -0.1) is 13.2 Å². The average molecular weight is 505 g/mol. The molecular weight excluding hydrogens is 472 g/mol. The number of methoxy groups -OCH3 is 1. The topological polar surface area (TPSA) is 108 Å². The summed E-state index contributed by atoms with van der Waals surface area (Å²) in [5, 5.41) is 20.3. The highest BCUT2D eigenvalue weighted by atomic mass is 16.5. The lowest BCUT2D eigenvalue weighted by atomic mass is 10.1. The lowest BCUT2D eigenvalue weighted by molar-refractivity contribution is -0.131. The number of imidazole rings is 1. The van der Waals surface area contributed by atoms with Gasteiger partial charge in [0, 0.05) is 50.3 Å². The molecule has 0 radical (unpaired) electrons. The van der Waals surface area contributed by atoms with Gasteiger partial charge in [0.1, 0.15) is 5.82 Å². The third kappa shape index (κ3) is 5.30. The van der Waals surface area contributed by atoms with Crippen molar-refractivity contribution >= 4 is 28.5 Å². The molecule has 1 fully saturated rings. The third-order valence-corrected chi connectivity index (χ3v) is 6.54. The number of aromatic hydroxyl groups is 2. The second kappa shape index (κ2) is 11.2. The molecule has 1 saturated heterocycles. The van der Waals surface area contributed by atoms with Crippen molar-refractivity contribution in [1.82, 2.24) is 14.5 Å². The highest BCUT2D eigenvalue weighted by Gasteiger charge is 2.24. The number of rotatable bonds is 9. The van der Waals surface area contributed by atoms with Gasteiger partial charge in [0.25, 0.3) is 0 Å². The molecule has 9 nitrogen and oxygen atoms in total. The fraction of sp³-hybridized carbons (Fsp3) is 0.321. The minimum absolute atomic E-state index is 0.0772. The van der Waals surface area contributed by atoms with Crippen LogP contribution in [0.4, 0.5) is 5.69 Å². The predicted octanol–water partition coefficient (Wildman–Crippen LogP) is 4.34. The van der Waals surface area contributed by atoms with Crippen LogP contribution in [0, 0.1) is 0 Å². The van der Waals surface area contributed by atoms with E-state index in [4.69, 9.17) is 9.72 Å². The Kier molecular flexibility index (Phi) is 7.81. The van der Waals surface area contributed by atoms with Gasteiger partial charge in [-0.1, -0.05) is 12.2 Å². The number of phenols is 2. The summed E-state index contributed by atoms with van der Waals surface area (Å²) >= 11 is 0. The van der Waals surface area contributed by atoms with Gasteiger partial charge in [-0.3, -0.25) is 14.2 Å². The number of benzene rings is 2. The number of piperazine rings is 1. The van der Waals surface area contributed by atoms with Crippen molar-refractivity contribution < 1.29 is 24.5 Å². The van der Waals surface area contributed by atoms with Crippen molar-refractivity contribution in [3.8, 4) is 28.6 Å². The molecule has 2 aromatic carbocycles. The molecule has 3 aromatic rings. The van der Waals surface area contributed by atoms with Crippen LogP contribution in [0.15, 0.2) is 55.6 Å². The van der Waals surface area contributed by atoms with Crippen LogP contribution in [0.3, 0.4) is 0 Å². The van der Waals surface area contributed by atoms with E-state index in [1.165, 1.54) is 23.8 Å². The van der Waals surface area contributed by atoms with Crippen LogP contribution in [0.1, 0.15) is 30.5 Å². The number of hydrogen-bond donors (Lipinski definition) is 2. The minimum atomic E-state index is -0.378. The van der Waals surface area contributed by atoms with E-state index in [-0.39, 0.29) is 35.5 Å². The first kappa shape index (κ1) is 25.8. The van der Waals surface area contributed by atoms with Gasteiger partial charge in [0.2, 0.25) is 17.6 Å². The maximum atomic E-state index is 13.2. The summed E-state index contributed by atoms with van der Waals surface area (Å²) in [6, 6.07) is 8.65. The summed E-state index contributed by atoms with van der Waals surface area (Å²) in [7, 11) is 1.38. The summed E-state index contributed by atoms with van der Waals surface area (Å²) in [4.78, 5) is 34.4. The van der Waals surface area contributed by atoms with E-state index < -0.39 is 0 Å².